The Kier molecular flexibility index (Phi) is 2.51. The number of rotatable bonds is 2. The Balaban J connectivity index is 2.11. The van der Waals surface area contributed by atoms with Crippen LogP contribution in [0.3, 0.4) is 0 Å². The van der Waals surface area contributed by atoms with Gasteiger partial charge in [-0.1, -0.05) is 0 Å². The number of hydrogen-bond acceptors (Lipinski definition) is 5. The predicted octanol–water partition coefficient (Wildman–Crippen LogP) is 0.161. The Hall–Kier alpha value is -1.33. The third kappa shape index (κ3) is 1.78. The average Bonchev–Trinajstić information content (AvgIpc) is 2.66. The largest absolute Gasteiger partial charge is 0.397 e. The fourth-order valence-electron chi connectivity index (χ4n) is 1.38. The number of aromatic nitrogens is 1. The van der Waals surface area contributed by atoms with Crippen molar-refractivity contribution >= 4 is 11.4 Å². The molecule has 0 saturated carbocycles. The van der Waals surface area contributed by atoms with Gasteiger partial charge in [0.1, 0.15) is 0 Å². The lowest BCUT2D eigenvalue weighted by Gasteiger charge is -2.10. The Morgan fingerprint density at radius 1 is 1.36 bits per heavy atom. The standard InChI is InChI=1S/C9H13N3O2/c10-6-1-2-12-7(9(6)11)5-8-13-3-4-14-8/h1-2,8H,3-5,11H2,(H2,10,12). The second-order valence-electron chi connectivity index (χ2n) is 3.14. The third-order valence-corrected chi connectivity index (χ3v) is 2.16. The van der Waals surface area contributed by atoms with Crippen molar-refractivity contribution in [3.63, 3.8) is 0 Å². The third-order valence-electron chi connectivity index (χ3n) is 2.16. The van der Waals surface area contributed by atoms with E-state index < -0.39 is 0 Å². The molecule has 1 aliphatic rings. The van der Waals surface area contributed by atoms with Crippen LogP contribution in [0.1, 0.15) is 5.69 Å². The summed E-state index contributed by atoms with van der Waals surface area (Å²) in [4.78, 5) is 4.14. The van der Waals surface area contributed by atoms with Crippen LogP contribution in [0.15, 0.2) is 12.3 Å². The molecule has 14 heavy (non-hydrogen) atoms. The minimum absolute atomic E-state index is 0.230. The van der Waals surface area contributed by atoms with E-state index in [4.69, 9.17) is 20.9 Å². The van der Waals surface area contributed by atoms with E-state index in [1.165, 1.54) is 0 Å². The molecule has 0 spiro atoms. The molecule has 1 aromatic heterocycles. The summed E-state index contributed by atoms with van der Waals surface area (Å²) in [6.07, 6.45) is 1.96. The predicted molar refractivity (Wildman–Crippen MR) is 52.5 cm³/mol. The number of hydrogen-bond donors (Lipinski definition) is 2. The summed E-state index contributed by atoms with van der Waals surface area (Å²) in [5.74, 6) is 0. The van der Waals surface area contributed by atoms with Gasteiger partial charge in [-0.05, 0) is 6.07 Å². The number of anilines is 2. The summed E-state index contributed by atoms with van der Waals surface area (Å²) < 4.78 is 10.6. The molecular weight excluding hydrogens is 182 g/mol. The van der Waals surface area contributed by atoms with Crippen molar-refractivity contribution in [3.05, 3.63) is 18.0 Å². The zero-order valence-corrected chi connectivity index (χ0v) is 7.77. The molecule has 2 heterocycles. The molecule has 0 bridgehead atoms. The van der Waals surface area contributed by atoms with Crippen LogP contribution in [-0.4, -0.2) is 24.5 Å². The van der Waals surface area contributed by atoms with Crippen LogP contribution in [0.25, 0.3) is 0 Å². The van der Waals surface area contributed by atoms with Gasteiger partial charge in [-0.3, -0.25) is 4.98 Å². The smallest absolute Gasteiger partial charge is 0.163 e. The Bertz CT molecular complexity index is 324. The molecule has 0 amide bonds. The van der Waals surface area contributed by atoms with E-state index in [2.05, 4.69) is 4.98 Å². The van der Waals surface area contributed by atoms with E-state index in [1.54, 1.807) is 12.3 Å². The maximum absolute atomic E-state index is 5.76. The van der Waals surface area contributed by atoms with Gasteiger partial charge >= 0.3 is 0 Å². The maximum atomic E-state index is 5.76. The number of nitrogen functional groups attached to an aromatic ring is 2. The van der Waals surface area contributed by atoms with E-state index in [0.717, 1.165) is 5.69 Å². The number of nitrogens with two attached hydrogens (primary N) is 2. The monoisotopic (exact) mass is 195 g/mol. The van der Waals surface area contributed by atoms with Gasteiger partial charge in [-0.15, -0.1) is 0 Å². The molecule has 1 aliphatic heterocycles. The topological polar surface area (TPSA) is 83.4 Å². The molecule has 0 radical (unpaired) electrons. The van der Waals surface area contributed by atoms with Gasteiger partial charge in [0.25, 0.3) is 0 Å². The number of nitrogens with zero attached hydrogens (tertiary/aromatic N) is 1. The van der Waals surface area contributed by atoms with Crippen molar-refractivity contribution in [2.24, 2.45) is 0 Å². The quantitative estimate of drug-likeness (QED) is 0.702. The van der Waals surface area contributed by atoms with E-state index in [1.807, 2.05) is 0 Å². The zero-order chi connectivity index (χ0) is 9.97. The molecule has 0 unspecified atom stereocenters. The van der Waals surface area contributed by atoms with Crippen molar-refractivity contribution in [2.45, 2.75) is 12.7 Å². The average molecular weight is 195 g/mol. The van der Waals surface area contributed by atoms with E-state index in [-0.39, 0.29) is 6.29 Å². The first-order valence-electron chi connectivity index (χ1n) is 4.49. The zero-order valence-electron chi connectivity index (χ0n) is 7.77. The highest BCUT2D eigenvalue weighted by atomic mass is 16.7. The Labute approximate surface area is 82.0 Å². The Morgan fingerprint density at radius 3 is 2.79 bits per heavy atom. The molecule has 76 valence electrons. The van der Waals surface area contributed by atoms with Crippen LogP contribution in [-0.2, 0) is 15.9 Å². The number of ether oxygens (including phenoxy) is 2. The second-order valence-corrected chi connectivity index (χ2v) is 3.14. The van der Waals surface area contributed by atoms with E-state index in [0.29, 0.717) is 31.0 Å². The molecule has 5 heteroatoms. The molecule has 0 atom stereocenters. The first-order valence-corrected chi connectivity index (χ1v) is 4.49. The van der Waals surface area contributed by atoms with Crippen LogP contribution < -0.4 is 11.5 Å². The van der Waals surface area contributed by atoms with Gasteiger partial charge in [-0.2, -0.15) is 0 Å². The van der Waals surface area contributed by atoms with Crippen LogP contribution in [0.4, 0.5) is 11.4 Å². The van der Waals surface area contributed by atoms with Gasteiger partial charge in [0, 0.05) is 12.6 Å². The van der Waals surface area contributed by atoms with Crippen molar-refractivity contribution in [1.82, 2.24) is 4.98 Å². The van der Waals surface area contributed by atoms with E-state index >= 15 is 0 Å². The summed E-state index contributed by atoms with van der Waals surface area (Å²) in [6, 6.07) is 1.68. The highest BCUT2D eigenvalue weighted by molar-refractivity contribution is 5.64. The van der Waals surface area contributed by atoms with E-state index in [9.17, 15) is 0 Å². The summed E-state index contributed by atoms with van der Waals surface area (Å²) >= 11 is 0. The van der Waals surface area contributed by atoms with Gasteiger partial charge in [0.05, 0.1) is 30.3 Å². The first kappa shape index (κ1) is 9.23. The summed E-state index contributed by atoms with van der Waals surface area (Å²) in [7, 11) is 0. The molecule has 1 saturated heterocycles. The summed E-state index contributed by atoms with van der Waals surface area (Å²) in [6.45, 7) is 1.26. The van der Waals surface area contributed by atoms with Crippen LogP contribution >= 0.6 is 0 Å². The van der Waals surface area contributed by atoms with Crippen molar-refractivity contribution in [1.29, 1.82) is 0 Å². The summed E-state index contributed by atoms with van der Waals surface area (Å²) in [5, 5.41) is 0. The molecule has 2 rings (SSSR count). The highest BCUT2D eigenvalue weighted by Gasteiger charge is 2.18. The normalized spacial score (nSPS) is 17.4. The van der Waals surface area contributed by atoms with Crippen LogP contribution in [0, 0.1) is 0 Å². The fraction of sp³-hybridized carbons (Fsp3) is 0.444. The Morgan fingerprint density at radius 2 is 2.07 bits per heavy atom. The molecule has 1 aromatic rings. The molecule has 0 aliphatic carbocycles. The fourth-order valence-corrected chi connectivity index (χ4v) is 1.38. The van der Waals surface area contributed by atoms with Crippen molar-refractivity contribution in [2.75, 3.05) is 24.7 Å². The van der Waals surface area contributed by atoms with Crippen molar-refractivity contribution < 1.29 is 9.47 Å². The maximum Gasteiger partial charge on any atom is 0.163 e. The number of pyridine rings is 1. The lowest BCUT2D eigenvalue weighted by molar-refractivity contribution is -0.0404. The van der Waals surface area contributed by atoms with Gasteiger partial charge in [0.15, 0.2) is 6.29 Å². The van der Waals surface area contributed by atoms with Crippen LogP contribution in [0.5, 0.6) is 0 Å². The van der Waals surface area contributed by atoms with Gasteiger partial charge < -0.3 is 20.9 Å². The molecule has 5 nitrogen and oxygen atoms in total. The minimum atomic E-state index is -0.230. The van der Waals surface area contributed by atoms with Crippen molar-refractivity contribution in [3.8, 4) is 0 Å². The summed E-state index contributed by atoms with van der Waals surface area (Å²) in [5.41, 5.74) is 13.2. The van der Waals surface area contributed by atoms with Gasteiger partial charge in [-0.25, -0.2) is 0 Å². The van der Waals surface area contributed by atoms with Gasteiger partial charge in [0.2, 0.25) is 0 Å². The second kappa shape index (κ2) is 3.81. The SMILES string of the molecule is Nc1ccnc(CC2OCCO2)c1N. The molecule has 1 fully saturated rings. The lowest BCUT2D eigenvalue weighted by Crippen LogP contribution is -2.14. The lowest BCUT2D eigenvalue weighted by atomic mass is 10.2. The van der Waals surface area contributed by atoms with Crippen LogP contribution in [0.2, 0.25) is 0 Å². The molecule has 0 aromatic carbocycles. The molecule has 4 N–H and O–H groups in total. The highest BCUT2D eigenvalue weighted by Crippen LogP contribution is 2.20. The minimum Gasteiger partial charge on any atom is -0.397 e. The first-order chi connectivity index (χ1) is 6.77. The molecular formula is C9H13N3O2.